The lowest BCUT2D eigenvalue weighted by Gasteiger charge is -2.15. The van der Waals surface area contributed by atoms with Gasteiger partial charge in [-0.15, -0.1) is 0 Å². The van der Waals surface area contributed by atoms with Gasteiger partial charge in [0.1, 0.15) is 0 Å². The van der Waals surface area contributed by atoms with Crippen LogP contribution in [0.4, 0.5) is 0 Å². The van der Waals surface area contributed by atoms with Crippen LogP contribution in [0.3, 0.4) is 0 Å². The largest absolute Gasteiger partial charge is 0.348 e. The van der Waals surface area contributed by atoms with Gasteiger partial charge in [-0.2, -0.15) is 0 Å². The Bertz CT molecular complexity index is 368. The Kier molecular flexibility index (Phi) is 6.01. The van der Waals surface area contributed by atoms with Gasteiger partial charge in [-0.1, -0.05) is 36.7 Å². The highest BCUT2D eigenvalue weighted by Crippen LogP contribution is 2.21. The zero-order valence-electron chi connectivity index (χ0n) is 10.3. The summed E-state index contributed by atoms with van der Waals surface area (Å²) < 4.78 is 0. The van der Waals surface area contributed by atoms with Crippen molar-refractivity contribution in [1.82, 2.24) is 10.6 Å². The number of nitrogens with one attached hydrogen (secondary N) is 2. The van der Waals surface area contributed by atoms with Crippen LogP contribution in [0.5, 0.6) is 0 Å². The van der Waals surface area contributed by atoms with E-state index in [0.717, 1.165) is 18.5 Å². The number of carbonyl (C=O) groups excluding carboxylic acids is 1. The van der Waals surface area contributed by atoms with Crippen LogP contribution in [0.1, 0.15) is 31.9 Å². The second-order valence-electron chi connectivity index (χ2n) is 3.99. The molecule has 0 aromatic heterocycles. The molecule has 0 heterocycles. The smallest absolute Gasteiger partial charge is 0.234 e. The molecule has 94 valence electrons. The highest BCUT2D eigenvalue weighted by molar-refractivity contribution is 6.31. The van der Waals surface area contributed by atoms with Gasteiger partial charge in [0, 0.05) is 5.02 Å². The maximum absolute atomic E-state index is 11.6. The van der Waals surface area contributed by atoms with Crippen molar-refractivity contribution < 1.29 is 4.79 Å². The molecule has 0 bridgehead atoms. The average Bonchev–Trinajstić information content (AvgIpc) is 2.29. The first-order chi connectivity index (χ1) is 8.15. The number of hydrogen-bond acceptors (Lipinski definition) is 2. The van der Waals surface area contributed by atoms with E-state index in [4.69, 9.17) is 11.6 Å². The fourth-order valence-electron chi connectivity index (χ4n) is 1.58. The summed E-state index contributed by atoms with van der Waals surface area (Å²) in [5, 5.41) is 6.65. The Morgan fingerprint density at radius 2 is 2.12 bits per heavy atom. The minimum Gasteiger partial charge on any atom is -0.348 e. The first-order valence-corrected chi connectivity index (χ1v) is 6.27. The molecule has 4 heteroatoms. The molecule has 1 rings (SSSR count). The number of benzene rings is 1. The van der Waals surface area contributed by atoms with E-state index in [0.29, 0.717) is 11.6 Å². The third-order valence-electron chi connectivity index (χ3n) is 2.46. The first-order valence-electron chi connectivity index (χ1n) is 5.89. The predicted octanol–water partition coefficient (Wildman–Crippen LogP) is 2.52. The number of hydrogen-bond donors (Lipinski definition) is 2. The van der Waals surface area contributed by atoms with E-state index in [-0.39, 0.29) is 11.9 Å². The summed E-state index contributed by atoms with van der Waals surface area (Å²) in [7, 11) is 0. The summed E-state index contributed by atoms with van der Waals surface area (Å²) >= 11 is 6.06. The van der Waals surface area contributed by atoms with Crippen molar-refractivity contribution in [3.05, 3.63) is 34.9 Å². The summed E-state index contributed by atoms with van der Waals surface area (Å²) in [4.78, 5) is 11.6. The summed E-state index contributed by atoms with van der Waals surface area (Å²) in [6.07, 6.45) is 1.02. The predicted molar refractivity (Wildman–Crippen MR) is 71.2 cm³/mol. The summed E-state index contributed by atoms with van der Waals surface area (Å²) in [6.45, 7) is 5.20. The average molecular weight is 255 g/mol. The van der Waals surface area contributed by atoms with Crippen molar-refractivity contribution >= 4 is 17.5 Å². The van der Waals surface area contributed by atoms with E-state index in [1.165, 1.54) is 0 Å². The molecule has 0 saturated carbocycles. The van der Waals surface area contributed by atoms with Gasteiger partial charge < -0.3 is 10.6 Å². The standard InChI is InChI=1S/C13H19ClN2O/c1-3-8-15-9-13(17)16-10(2)11-6-4-5-7-12(11)14/h4-7,10,15H,3,8-9H2,1-2H3,(H,16,17). The molecular formula is C13H19ClN2O. The molecule has 0 aliphatic heterocycles. The van der Waals surface area contributed by atoms with E-state index in [1.54, 1.807) is 0 Å². The van der Waals surface area contributed by atoms with Crippen molar-refractivity contribution in [3.8, 4) is 0 Å². The number of rotatable bonds is 6. The third-order valence-corrected chi connectivity index (χ3v) is 2.81. The van der Waals surface area contributed by atoms with Crippen LogP contribution in [-0.4, -0.2) is 19.0 Å². The van der Waals surface area contributed by atoms with Crippen LogP contribution in [0.25, 0.3) is 0 Å². The van der Waals surface area contributed by atoms with Crippen molar-refractivity contribution in [1.29, 1.82) is 0 Å². The van der Waals surface area contributed by atoms with Crippen LogP contribution in [0.15, 0.2) is 24.3 Å². The molecule has 2 N–H and O–H groups in total. The van der Waals surface area contributed by atoms with Gasteiger partial charge >= 0.3 is 0 Å². The monoisotopic (exact) mass is 254 g/mol. The molecule has 1 amide bonds. The van der Waals surface area contributed by atoms with Gasteiger partial charge in [0.2, 0.25) is 5.91 Å². The van der Waals surface area contributed by atoms with Gasteiger partial charge in [-0.25, -0.2) is 0 Å². The van der Waals surface area contributed by atoms with Crippen LogP contribution < -0.4 is 10.6 Å². The molecule has 0 saturated heterocycles. The van der Waals surface area contributed by atoms with E-state index >= 15 is 0 Å². The molecule has 1 aromatic carbocycles. The third kappa shape index (κ3) is 4.75. The Morgan fingerprint density at radius 3 is 2.76 bits per heavy atom. The van der Waals surface area contributed by atoms with Crippen LogP contribution in [0.2, 0.25) is 5.02 Å². The fraction of sp³-hybridized carbons (Fsp3) is 0.462. The van der Waals surface area contributed by atoms with Crippen molar-refractivity contribution in [2.45, 2.75) is 26.3 Å². The van der Waals surface area contributed by atoms with Gasteiger partial charge in [-0.05, 0) is 31.5 Å². The van der Waals surface area contributed by atoms with E-state index in [1.807, 2.05) is 31.2 Å². The molecule has 0 fully saturated rings. The molecule has 0 spiro atoms. The Balaban J connectivity index is 2.46. The van der Waals surface area contributed by atoms with Crippen LogP contribution >= 0.6 is 11.6 Å². The van der Waals surface area contributed by atoms with Crippen molar-refractivity contribution in [3.63, 3.8) is 0 Å². The number of amides is 1. The van der Waals surface area contributed by atoms with Crippen LogP contribution in [0, 0.1) is 0 Å². The second kappa shape index (κ2) is 7.30. The molecule has 1 atom stereocenters. The number of halogens is 1. The molecule has 1 unspecified atom stereocenters. The highest BCUT2D eigenvalue weighted by atomic mass is 35.5. The van der Waals surface area contributed by atoms with Crippen molar-refractivity contribution in [2.24, 2.45) is 0 Å². The van der Waals surface area contributed by atoms with Gasteiger partial charge in [0.05, 0.1) is 12.6 Å². The molecule has 1 aromatic rings. The quantitative estimate of drug-likeness (QED) is 0.766. The minimum absolute atomic E-state index is 0.00845. The molecule has 0 aliphatic rings. The maximum Gasteiger partial charge on any atom is 0.234 e. The molecular weight excluding hydrogens is 236 g/mol. The lowest BCUT2D eigenvalue weighted by molar-refractivity contribution is -0.120. The molecule has 17 heavy (non-hydrogen) atoms. The molecule has 3 nitrogen and oxygen atoms in total. The lowest BCUT2D eigenvalue weighted by atomic mass is 10.1. The summed E-state index contributed by atoms with van der Waals surface area (Å²) in [5.41, 5.74) is 0.943. The van der Waals surface area contributed by atoms with Gasteiger partial charge in [-0.3, -0.25) is 4.79 Å². The summed E-state index contributed by atoms with van der Waals surface area (Å²) in [6, 6.07) is 7.48. The minimum atomic E-state index is -0.0698. The van der Waals surface area contributed by atoms with E-state index in [2.05, 4.69) is 17.6 Å². The Labute approximate surface area is 108 Å². The molecule has 0 aliphatic carbocycles. The zero-order chi connectivity index (χ0) is 12.7. The highest BCUT2D eigenvalue weighted by Gasteiger charge is 2.11. The zero-order valence-corrected chi connectivity index (χ0v) is 11.1. The second-order valence-corrected chi connectivity index (χ2v) is 4.39. The SMILES string of the molecule is CCCNCC(=O)NC(C)c1ccccc1Cl. The number of carbonyl (C=O) groups is 1. The van der Waals surface area contributed by atoms with Crippen molar-refractivity contribution in [2.75, 3.05) is 13.1 Å². The summed E-state index contributed by atoms with van der Waals surface area (Å²) in [5.74, 6) is -0.00845. The Hall–Kier alpha value is -1.06. The molecule has 0 radical (unpaired) electrons. The fourth-order valence-corrected chi connectivity index (χ4v) is 1.87. The van der Waals surface area contributed by atoms with E-state index in [9.17, 15) is 4.79 Å². The normalized spacial score (nSPS) is 12.2. The maximum atomic E-state index is 11.6. The Morgan fingerprint density at radius 1 is 1.41 bits per heavy atom. The van der Waals surface area contributed by atoms with Gasteiger partial charge in [0.25, 0.3) is 0 Å². The van der Waals surface area contributed by atoms with Gasteiger partial charge in [0.15, 0.2) is 0 Å². The topological polar surface area (TPSA) is 41.1 Å². The van der Waals surface area contributed by atoms with Crippen LogP contribution in [-0.2, 0) is 4.79 Å². The first kappa shape index (κ1) is 14.0. The van der Waals surface area contributed by atoms with E-state index < -0.39 is 0 Å². The lowest BCUT2D eigenvalue weighted by Crippen LogP contribution is -2.35.